The van der Waals surface area contributed by atoms with Gasteiger partial charge in [0.25, 0.3) is 0 Å². The smallest absolute Gasteiger partial charge is 1.00 e. The van der Waals surface area contributed by atoms with Crippen molar-refractivity contribution in [2.24, 2.45) is 0 Å². The Labute approximate surface area is 99.2 Å². The number of carbonyl (C=O) groups is 1. The number of rotatable bonds is 0. The molecule has 5 heteroatoms. The molecule has 0 aromatic carbocycles. The number of hydrogen-bond donors (Lipinski definition) is 2. The van der Waals surface area contributed by atoms with Crippen molar-refractivity contribution in [3.05, 3.63) is 0 Å². The van der Waals surface area contributed by atoms with E-state index in [1.165, 1.54) is 0 Å². The van der Waals surface area contributed by atoms with Crippen LogP contribution >= 0.6 is 0 Å². The molecule has 0 saturated carbocycles. The fraction of sp³-hybridized carbons (Fsp3) is 0. The van der Waals surface area contributed by atoms with Gasteiger partial charge in [-0.15, -0.1) is 0 Å². The quantitative estimate of drug-likeness (QED) is 0.468. The summed E-state index contributed by atoms with van der Waals surface area (Å²) in [5.41, 5.74) is 0. The Bertz CT molecular complexity index is 37.9. The predicted molar refractivity (Wildman–Crippen MR) is 17.5 cm³/mol. The van der Waals surface area contributed by atoms with E-state index in [0.717, 1.165) is 0 Å². The Morgan fingerprint density at radius 3 is 1.50 bits per heavy atom. The van der Waals surface area contributed by atoms with Crippen LogP contribution in [-0.4, -0.2) is 43.7 Å². The molecule has 0 bridgehead atoms. The first-order valence-corrected chi connectivity index (χ1v) is 0.651. The van der Waals surface area contributed by atoms with Gasteiger partial charge in [0.2, 0.25) is 0 Å². The zero-order chi connectivity index (χ0) is 3.58. The second-order valence-electron chi connectivity index (χ2n) is 0.283. The van der Waals surface area contributed by atoms with Gasteiger partial charge in [0.1, 0.15) is 0 Å². The van der Waals surface area contributed by atoms with Crippen molar-refractivity contribution in [3.8, 4) is 0 Å². The third-order valence-corrected chi connectivity index (χ3v) is 0. The maximum Gasteiger partial charge on any atom is 1.00 e. The van der Waals surface area contributed by atoms with Crippen LogP contribution in [0.25, 0.3) is 0 Å². The summed E-state index contributed by atoms with van der Waals surface area (Å²) in [6, 6.07) is 0. The van der Waals surface area contributed by atoms with E-state index in [1.807, 2.05) is 0 Å². The van der Waals surface area contributed by atoms with Gasteiger partial charge in [0.05, 0.1) is 0 Å². The summed E-state index contributed by atoms with van der Waals surface area (Å²) in [7, 11) is 0. The first-order valence-electron chi connectivity index (χ1n) is 0.651. The molecule has 0 aliphatic carbocycles. The van der Waals surface area contributed by atoms with Crippen molar-refractivity contribution in [3.63, 3.8) is 0 Å². The van der Waals surface area contributed by atoms with Gasteiger partial charge in [0.15, 0.2) is 0 Å². The van der Waals surface area contributed by atoms with E-state index in [4.69, 9.17) is 15.0 Å². The Balaban J connectivity index is -0.0000000150. The van der Waals surface area contributed by atoms with Crippen molar-refractivity contribution in [2.75, 3.05) is 0 Å². The van der Waals surface area contributed by atoms with E-state index in [-0.39, 0.29) is 80.1 Å². The summed E-state index contributed by atoms with van der Waals surface area (Å²) in [4.78, 5) is 8.56. The first-order chi connectivity index (χ1) is 1.73. The monoisotopic (exact) mass is 310 g/mol. The third kappa shape index (κ3) is 40.6. The Kier molecular flexibility index (Phi) is 26.0. The summed E-state index contributed by atoms with van der Waals surface area (Å²) < 4.78 is 0. The molecule has 2 N–H and O–H groups in total. The van der Waals surface area contributed by atoms with Crippen LogP contribution in [0.2, 0.25) is 0 Å². The summed E-state index contributed by atoms with van der Waals surface area (Å²) >= 11 is 0. The fourth-order valence-electron chi connectivity index (χ4n) is 0. The SMILES string of the molecule is O=C(O)O.[H-].[K+].[Pb]. The van der Waals surface area contributed by atoms with Gasteiger partial charge in [-0.2, -0.15) is 0 Å². The van der Waals surface area contributed by atoms with Crippen LogP contribution in [0.5, 0.6) is 0 Å². The van der Waals surface area contributed by atoms with Crippen molar-refractivity contribution >= 4 is 33.5 Å². The van der Waals surface area contributed by atoms with Crippen LogP contribution in [0.1, 0.15) is 1.43 Å². The second-order valence-corrected chi connectivity index (χ2v) is 0.283. The molecule has 0 fully saturated rings. The average Bonchev–Trinajstić information content (AvgIpc) is 0.811. The van der Waals surface area contributed by atoms with Gasteiger partial charge >= 0.3 is 57.5 Å². The first kappa shape index (κ1) is 15.7. The van der Waals surface area contributed by atoms with Crippen LogP contribution in [0.4, 0.5) is 4.79 Å². The van der Waals surface area contributed by atoms with Gasteiger partial charge in [-0.3, -0.25) is 0 Å². The average molecular weight is 309 g/mol. The van der Waals surface area contributed by atoms with Crippen LogP contribution in [-0.2, 0) is 0 Å². The van der Waals surface area contributed by atoms with Crippen molar-refractivity contribution < 1.29 is 67.8 Å². The molecule has 3 nitrogen and oxygen atoms in total. The molecule has 0 aliphatic rings. The number of carboxylic acid groups (broad SMARTS) is 2. The molecule has 0 unspecified atom stereocenters. The molecule has 30 valence electrons. The van der Waals surface area contributed by atoms with Gasteiger partial charge in [-0.25, -0.2) is 4.79 Å². The Morgan fingerprint density at radius 2 is 1.50 bits per heavy atom. The molecule has 0 heterocycles. The minimum Gasteiger partial charge on any atom is -1.00 e. The number of hydrogen-bond acceptors (Lipinski definition) is 1. The van der Waals surface area contributed by atoms with E-state index >= 15 is 0 Å². The Morgan fingerprint density at radius 1 is 1.50 bits per heavy atom. The van der Waals surface area contributed by atoms with Gasteiger partial charge < -0.3 is 11.6 Å². The molecule has 0 rings (SSSR count). The van der Waals surface area contributed by atoms with Crippen molar-refractivity contribution in [1.29, 1.82) is 0 Å². The maximum atomic E-state index is 8.56. The largest absolute Gasteiger partial charge is 1.00 e. The van der Waals surface area contributed by atoms with Crippen molar-refractivity contribution in [1.82, 2.24) is 0 Å². The van der Waals surface area contributed by atoms with Crippen LogP contribution < -0.4 is 51.4 Å². The summed E-state index contributed by atoms with van der Waals surface area (Å²) in [6.45, 7) is 0. The van der Waals surface area contributed by atoms with E-state index < -0.39 is 6.16 Å². The summed E-state index contributed by atoms with van der Waals surface area (Å²) in [6.07, 6.45) is -1.83. The van der Waals surface area contributed by atoms with E-state index in [9.17, 15) is 0 Å². The molecular weight excluding hydrogens is 306 g/mol. The minimum atomic E-state index is -1.83. The zero-order valence-corrected chi connectivity index (χ0v) is 10.3. The maximum absolute atomic E-state index is 8.56. The van der Waals surface area contributed by atoms with Crippen LogP contribution in [0.15, 0.2) is 0 Å². The van der Waals surface area contributed by atoms with Crippen LogP contribution in [0.3, 0.4) is 0 Å². The normalized spacial score (nSPS) is 4.00. The molecule has 0 saturated heterocycles. The van der Waals surface area contributed by atoms with Gasteiger partial charge in [-0.05, 0) is 0 Å². The molecule has 0 aromatic heterocycles. The van der Waals surface area contributed by atoms with E-state index in [1.54, 1.807) is 0 Å². The molecule has 6 heavy (non-hydrogen) atoms. The molecule has 0 aliphatic heterocycles. The zero-order valence-electron chi connectivity index (χ0n) is 4.30. The topological polar surface area (TPSA) is 57.5 Å². The molecule has 0 spiro atoms. The van der Waals surface area contributed by atoms with Gasteiger partial charge in [-0.1, -0.05) is 0 Å². The second kappa shape index (κ2) is 9.95. The Hall–Kier alpha value is 1.83. The fourth-order valence-corrected chi connectivity index (χ4v) is 0. The molecule has 0 atom stereocenters. The van der Waals surface area contributed by atoms with E-state index in [2.05, 4.69) is 0 Å². The summed E-state index contributed by atoms with van der Waals surface area (Å²) in [5, 5.41) is 13.9. The molecular formula is CH3KO3Pb. The minimum absolute atomic E-state index is 0. The predicted octanol–water partition coefficient (Wildman–Crippen LogP) is -3.04. The van der Waals surface area contributed by atoms with Crippen LogP contribution in [0, 0.1) is 0 Å². The summed E-state index contributed by atoms with van der Waals surface area (Å²) in [5.74, 6) is 0. The van der Waals surface area contributed by atoms with Crippen molar-refractivity contribution in [2.45, 2.75) is 0 Å². The molecule has 4 radical (unpaired) electrons. The molecule has 0 amide bonds. The third-order valence-electron chi connectivity index (χ3n) is 0. The van der Waals surface area contributed by atoms with Gasteiger partial charge in [0, 0.05) is 27.3 Å². The standard InChI is InChI=1S/CH2O3.K.Pb.H/c2-1(3)4;;;/h(H2,2,3,4);;;/q;+1;;-1. The van der Waals surface area contributed by atoms with E-state index in [0.29, 0.717) is 0 Å². The molecule has 0 aromatic rings.